The van der Waals surface area contributed by atoms with Crippen molar-refractivity contribution in [2.75, 3.05) is 0 Å². The Balaban J connectivity index is 1.56. The third-order valence-corrected chi connectivity index (χ3v) is 3.82. The minimum atomic E-state index is -0.393. The zero-order valence-corrected chi connectivity index (χ0v) is 13.6. The minimum absolute atomic E-state index is 0.393. The molecule has 4 rings (SSSR count). The highest BCUT2D eigenvalue weighted by Crippen LogP contribution is 2.16. The van der Waals surface area contributed by atoms with Gasteiger partial charge in [-0.3, -0.25) is 0 Å². The van der Waals surface area contributed by atoms with Crippen molar-refractivity contribution in [1.29, 1.82) is 0 Å². The highest BCUT2D eigenvalue weighted by atomic mass is 16.5. The zero-order valence-electron chi connectivity index (χ0n) is 13.6. The van der Waals surface area contributed by atoms with Gasteiger partial charge in [-0.15, -0.1) is 10.2 Å². The Morgan fingerprint density at radius 2 is 1.56 bits per heavy atom. The monoisotopic (exact) mass is 329 g/mol. The fourth-order valence-corrected chi connectivity index (χ4v) is 2.55. The lowest BCUT2D eigenvalue weighted by Gasteiger charge is -2.06. The van der Waals surface area contributed by atoms with Crippen molar-refractivity contribution in [3.8, 4) is 11.4 Å². The van der Waals surface area contributed by atoms with Crippen LogP contribution in [-0.2, 0) is 0 Å². The number of aryl methyl sites for hydroxylation is 1. The van der Waals surface area contributed by atoms with E-state index in [4.69, 9.17) is 4.74 Å². The summed E-state index contributed by atoms with van der Waals surface area (Å²) in [6, 6.07) is 22.1. The fraction of sp³-hybridized carbons (Fsp3) is 0.0500. The molecule has 0 aliphatic heterocycles. The maximum atomic E-state index is 12.3. The molecule has 1 heterocycles. The molecule has 122 valence electrons. The van der Waals surface area contributed by atoms with Gasteiger partial charge in [0.15, 0.2) is 0 Å². The molecule has 0 atom stereocenters. The minimum Gasteiger partial charge on any atom is -0.423 e. The van der Waals surface area contributed by atoms with E-state index < -0.39 is 5.97 Å². The molecule has 3 aromatic carbocycles. The molecular weight excluding hydrogens is 314 g/mol. The van der Waals surface area contributed by atoms with Crippen molar-refractivity contribution in [3.05, 3.63) is 83.9 Å². The second kappa shape index (κ2) is 6.20. The summed E-state index contributed by atoms with van der Waals surface area (Å²) in [5.41, 5.74) is 3.94. The summed E-state index contributed by atoms with van der Waals surface area (Å²) in [4.78, 5) is 13.8. The normalized spacial score (nSPS) is 10.8. The summed E-state index contributed by atoms with van der Waals surface area (Å²) in [5.74, 6) is 0.143. The predicted octanol–water partition coefficient (Wildman–Crippen LogP) is 3.95. The third-order valence-electron chi connectivity index (χ3n) is 3.82. The number of fused-ring (bicyclic) bond motifs is 1. The number of benzene rings is 3. The topological polar surface area (TPSA) is 57.0 Å². The number of esters is 1. The van der Waals surface area contributed by atoms with Crippen LogP contribution in [0.25, 0.3) is 16.7 Å². The first-order valence-electron chi connectivity index (χ1n) is 7.90. The van der Waals surface area contributed by atoms with Crippen LogP contribution in [0, 0.1) is 6.92 Å². The molecule has 4 aromatic rings. The third kappa shape index (κ3) is 3.12. The van der Waals surface area contributed by atoms with Gasteiger partial charge in [0.2, 0.25) is 0 Å². The van der Waals surface area contributed by atoms with Gasteiger partial charge < -0.3 is 4.74 Å². The molecule has 0 amide bonds. The first kappa shape index (κ1) is 15.1. The lowest BCUT2D eigenvalue weighted by atomic mass is 10.2. The van der Waals surface area contributed by atoms with Gasteiger partial charge in [-0.05, 0) is 61.0 Å². The molecule has 0 aliphatic carbocycles. The zero-order chi connectivity index (χ0) is 17.2. The number of ether oxygens (including phenoxy) is 1. The van der Waals surface area contributed by atoms with Crippen LogP contribution < -0.4 is 4.74 Å². The first-order chi connectivity index (χ1) is 12.2. The van der Waals surface area contributed by atoms with Crippen LogP contribution >= 0.6 is 0 Å². The molecule has 0 N–H and O–H groups in total. The Bertz CT molecular complexity index is 1020. The van der Waals surface area contributed by atoms with E-state index in [1.54, 1.807) is 35.1 Å². The largest absolute Gasteiger partial charge is 0.423 e. The van der Waals surface area contributed by atoms with E-state index in [1.165, 1.54) is 0 Å². The van der Waals surface area contributed by atoms with Gasteiger partial charge in [-0.2, -0.15) is 4.80 Å². The van der Waals surface area contributed by atoms with Crippen molar-refractivity contribution in [2.24, 2.45) is 0 Å². The SMILES string of the molecule is Cc1cccc(OC(=O)c2ccc(-n3nc4ccccc4n3)cc2)c1. The van der Waals surface area contributed by atoms with E-state index in [9.17, 15) is 4.79 Å². The molecule has 0 fully saturated rings. The highest BCUT2D eigenvalue weighted by Gasteiger charge is 2.10. The van der Waals surface area contributed by atoms with Crippen molar-refractivity contribution >= 4 is 17.0 Å². The van der Waals surface area contributed by atoms with Crippen LogP contribution in [-0.4, -0.2) is 21.0 Å². The molecule has 0 bridgehead atoms. The van der Waals surface area contributed by atoms with Gasteiger partial charge in [-0.1, -0.05) is 24.3 Å². The molecule has 0 spiro atoms. The van der Waals surface area contributed by atoms with Crippen molar-refractivity contribution in [1.82, 2.24) is 15.0 Å². The Labute approximate surface area is 144 Å². The molecule has 1 aromatic heterocycles. The number of carbonyl (C=O) groups is 1. The maximum absolute atomic E-state index is 12.3. The molecule has 25 heavy (non-hydrogen) atoms. The summed E-state index contributed by atoms with van der Waals surface area (Å²) in [6.07, 6.45) is 0. The van der Waals surface area contributed by atoms with E-state index in [0.29, 0.717) is 11.3 Å². The summed E-state index contributed by atoms with van der Waals surface area (Å²) in [5, 5.41) is 8.85. The number of carbonyl (C=O) groups excluding carboxylic acids is 1. The van der Waals surface area contributed by atoms with Gasteiger partial charge in [0, 0.05) is 0 Å². The predicted molar refractivity (Wildman–Crippen MR) is 95.0 cm³/mol. The van der Waals surface area contributed by atoms with E-state index in [1.807, 2.05) is 49.4 Å². The summed E-state index contributed by atoms with van der Waals surface area (Å²) >= 11 is 0. The standard InChI is InChI=1S/C20H15N3O2/c1-14-5-4-6-17(13-14)25-20(24)15-9-11-16(12-10-15)23-21-18-7-2-3-8-19(18)22-23/h2-13H,1H3. The number of rotatable bonds is 3. The molecular formula is C20H15N3O2. The fourth-order valence-electron chi connectivity index (χ4n) is 2.55. The van der Waals surface area contributed by atoms with Crippen LogP contribution in [0.1, 0.15) is 15.9 Å². The molecule has 0 saturated heterocycles. The Morgan fingerprint density at radius 3 is 2.20 bits per heavy atom. The highest BCUT2D eigenvalue weighted by molar-refractivity contribution is 5.91. The summed E-state index contributed by atoms with van der Waals surface area (Å²) < 4.78 is 5.40. The van der Waals surface area contributed by atoms with Crippen LogP contribution in [0.5, 0.6) is 5.75 Å². The second-order valence-corrected chi connectivity index (χ2v) is 5.73. The average Bonchev–Trinajstić information content (AvgIpc) is 3.06. The Hall–Kier alpha value is -3.47. The quantitative estimate of drug-likeness (QED) is 0.422. The van der Waals surface area contributed by atoms with Crippen LogP contribution in [0.2, 0.25) is 0 Å². The van der Waals surface area contributed by atoms with Gasteiger partial charge >= 0.3 is 5.97 Å². The second-order valence-electron chi connectivity index (χ2n) is 5.73. The van der Waals surface area contributed by atoms with Crippen molar-refractivity contribution in [3.63, 3.8) is 0 Å². The molecule has 5 heteroatoms. The smallest absolute Gasteiger partial charge is 0.343 e. The van der Waals surface area contributed by atoms with Crippen LogP contribution in [0.3, 0.4) is 0 Å². The van der Waals surface area contributed by atoms with Crippen LogP contribution in [0.15, 0.2) is 72.8 Å². The lowest BCUT2D eigenvalue weighted by Crippen LogP contribution is -2.09. The van der Waals surface area contributed by atoms with E-state index in [-0.39, 0.29) is 0 Å². The van der Waals surface area contributed by atoms with E-state index in [0.717, 1.165) is 22.3 Å². The lowest BCUT2D eigenvalue weighted by molar-refractivity contribution is 0.0734. The summed E-state index contributed by atoms with van der Waals surface area (Å²) in [6.45, 7) is 1.95. The molecule has 0 saturated carbocycles. The van der Waals surface area contributed by atoms with Gasteiger partial charge in [0.05, 0.1) is 11.3 Å². The maximum Gasteiger partial charge on any atom is 0.343 e. The molecule has 0 unspecified atom stereocenters. The first-order valence-corrected chi connectivity index (χ1v) is 7.90. The number of hydrogen-bond donors (Lipinski definition) is 0. The van der Waals surface area contributed by atoms with Crippen LogP contribution in [0.4, 0.5) is 0 Å². The number of hydrogen-bond acceptors (Lipinski definition) is 4. The molecule has 0 aliphatic rings. The number of nitrogens with zero attached hydrogens (tertiary/aromatic N) is 3. The van der Waals surface area contributed by atoms with E-state index >= 15 is 0 Å². The van der Waals surface area contributed by atoms with Crippen molar-refractivity contribution in [2.45, 2.75) is 6.92 Å². The Morgan fingerprint density at radius 1 is 0.880 bits per heavy atom. The Kier molecular flexibility index (Phi) is 3.74. The average molecular weight is 329 g/mol. The van der Waals surface area contributed by atoms with Gasteiger partial charge in [0.25, 0.3) is 0 Å². The van der Waals surface area contributed by atoms with E-state index in [2.05, 4.69) is 10.2 Å². The van der Waals surface area contributed by atoms with Gasteiger partial charge in [-0.25, -0.2) is 4.79 Å². The van der Waals surface area contributed by atoms with Crippen molar-refractivity contribution < 1.29 is 9.53 Å². The number of aromatic nitrogens is 3. The molecule has 0 radical (unpaired) electrons. The van der Waals surface area contributed by atoms with Gasteiger partial charge in [0.1, 0.15) is 16.8 Å². The molecule has 5 nitrogen and oxygen atoms in total. The summed E-state index contributed by atoms with van der Waals surface area (Å²) in [7, 11) is 0.